The number of aryl methyl sites for hydroxylation is 2. The van der Waals surface area contributed by atoms with Gasteiger partial charge in [-0.15, -0.1) is 0 Å². The molecule has 0 unspecified atom stereocenters. The van der Waals surface area contributed by atoms with Crippen LogP contribution in [-0.2, 0) is 6.54 Å². The summed E-state index contributed by atoms with van der Waals surface area (Å²) < 4.78 is 5.09. The van der Waals surface area contributed by atoms with E-state index in [1.54, 1.807) is 12.1 Å². The summed E-state index contributed by atoms with van der Waals surface area (Å²) in [6.45, 7) is 4.00. The Labute approximate surface area is 137 Å². The van der Waals surface area contributed by atoms with Gasteiger partial charge in [-0.3, -0.25) is 9.89 Å². The molecule has 1 aromatic carbocycles. The number of nitrogens with one attached hydrogen (secondary N) is 2. The zero-order valence-corrected chi connectivity index (χ0v) is 13.4. The van der Waals surface area contributed by atoms with E-state index in [0.29, 0.717) is 28.6 Å². The van der Waals surface area contributed by atoms with Crippen LogP contribution in [0.5, 0.6) is 0 Å². The molecule has 7 heteroatoms. The van der Waals surface area contributed by atoms with Crippen molar-refractivity contribution in [2.75, 3.05) is 0 Å². The molecule has 2 heterocycles. The lowest BCUT2D eigenvalue weighted by Crippen LogP contribution is -2.23. The molecule has 2 aromatic heterocycles. The Bertz CT molecular complexity index is 834. The van der Waals surface area contributed by atoms with Crippen LogP contribution in [0.25, 0.3) is 11.3 Å². The lowest BCUT2D eigenvalue weighted by molar-refractivity contribution is 0.0951. The van der Waals surface area contributed by atoms with Gasteiger partial charge in [-0.1, -0.05) is 28.9 Å². The zero-order chi connectivity index (χ0) is 16.4. The van der Waals surface area contributed by atoms with E-state index < -0.39 is 0 Å². The van der Waals surface area contributed by atoms with Crippen LogP contribution < -0.4 is 5.32 Å². The van der Waals surface area contributed by atoms with Crippen molar-refractivity contribution in [3.63, 3.8) is 0 Å². The summed E-state index contributed by atoms with van der Waals surface area (Å²) >= 11 is 6.01. The highest BCUT2D eigenvalue weighted by atomic mass is 35.5. The molecule has 3 aromatic rings. The van der Waals surface area contributed by atoms with Crippen molar-refractivity contribution in [1.82, 2.24) is 20.7 Å². The van der Waals surface area contributed by atoms with Gasteiger partial charge in [0.25, 0.3) is 5.91 Å². The van der Waals surface area contributed by atoms with Crippen molar-refractivity contribution in [2.24, 2.45) is 0 Å². The van der Waals surface area contributed by atoms with Crippen molar-refractivity contribution in [3.05, 3.63) is 58.1 Å². The minimum absolute atomic E-state index is 0.228. The third kappa shape index (κ3) is 3.12. The molecule has 2 N–H and O–H groups in total. The molecular weight excluding hydrogens is 316 g/mol. The molecule has 3 rings (SSSR count). The van der Waals surface area contributed by atoms with E-state index in [1.807, 2.05) is 26.0 Å². The van der Waals surface area contributed by atoms with Crippen LogP contribution in [0.3, 0.4) is 0 Å². The van der Waals surface area contributed by atoms with E-state index in [4.69, 9.17) is 16.1 Å². The number of carbonyl (C=O) groups excluding carboxylic acids is 1. The van der Waals surface area contributed by atoms with Gasteiger partial charge in [-0.2, -0.15) is 5.10 Å². The first kappa shape index (κ1) is 15.3. The van der Waals surface area contributed by atoms with E-state index in [9.17, 15) is 4.79 Å². The maximum atomic E-state index is 12.4. The predicted molar refractivity (Wildman–Crippen MR) is 86.2 cm³/mol. The SMILES string of the molecule is Cc1noc(C)c1CNC(=O)c1cn[nH]c1-c1cccc(Cl)c1. The molecule has 0 fully saturated rings. The predicted octanol–water partition coefficient (Wildman–Crippen LogP) is 3.26. The van der Waals surface area contributed by atoms with E-state index >= 15 is 0 Å². The Hall–Kier alpha value is -2.60. The number of nitrogens with zero attached hydrogens (tertiary/aromatic N) is 2. The second-order valence-electron chi connectivity index (χ2n) is 5.15. The van der Waals surface area contributed by atoms with Gasteiger partial charge >= 0.3 is 0 Å². The lowest BCUT2D eigenvalue weighted by atomic mass is 10.1. The van der Waals surface area contributed by atoms with Gasteiger partial charge in [0.15, 0.2) is 0 Å². The molecule has 0 aliphatic rings. The number of hydrogen-bond donors (Lipinski definition) is 2. The van der Waals surface area contributed by atoms with E-state index in [2.05, 4.69) is 20.7 Å². The second kappa shape index (κ2) is 6.26. The van der Waals surface area contributed by atoms with E-state index in [0.717, 1.165) is 16.8 Å². The summed E-state index contributed by atoms with van der Waals surface area (Å²) in [5, 5.41) is 14.1. The van der Waals surface area contributed by atoms with Crippen molar-refractivity contribution in [1.29, 1.82) is 0 Å². The fourth-order valence-electron chi connectivity index (χ4n) is 2.34. The van der Waals surface area contributed by atoms with Crippen LogP contribution >= 0.6 is 11.6 Å². The first-order valence-corrected chi connectivity index (χ1v) is 7.43. The van der Waals surface area contributed by atoms with Crippen LogP contribution in [0.2, 0.25) is 5.02 Å². The molecule has 0 radical (unpaired) electrons. The molecule has 23 heavy (non-hydrogen) atoms. The number of amides is 1. The Morgan fingerprint density at radius 2 is 2.22 bits per heavy atom. The molecule has 0 atom stereocenters. The van der Waals surface area contributed by atoms with Crippen molar-refractivity contribution < 1.29 is 9.32 Å². The summed E-state index contributed by atoms with van der Waals surface area (Å²) in [5.74, 6) is 0.471. The first-order valence-electron chi connectivity index (χ1n) is 7.05. The molecule has 0 aliphatic heterocycles. The van der Waals surface area contributed by atoms with Crippen LogP contribution in [0, 0.1) is 13.8 Å². The van der Waals surface area contributed by atoms with Crippen LogP contribution in [0.4, 0.5) is 0 Å². The number of aromatic amines is 1. The number of hydrogen-bond acceptors (Lipinski definition) is 4. The molecule has 0 bridgehead atoms. The molecular formula is C16H15ClN4O2. The summed E-state index contributed by atoms with van der Waals surface area (Å²) in [6.07, 6.45) is 1.50. The van der Waals surface area contributed by atoms with Gasteiger partial charge in [0, 0.05) is 22.7 Å². The molecule has 0 saturated heterocycles. The van der Waals surface area contributed by atoms with E-state index in [1.165, 1.54) is 6.20 Å². The van der Waals surface area contributed by atoms with Gasteiger partial charge in [0.05, 0.1) is 23.1 Å². The molecule has 0 aliphatic carbocycles. The fraction of sp³-hybridized carbons (Fsp3) is 0.188. The van der Waals surface area contributed by atoms with Gasteiger partial charge < -0.3 is 9.84 Å². The molecule has 6 nitrogen and oxygen atoms in total. The Morgan fingerprint density at radius 3 is 2.91 bits per heavy atom. The Morgan fingerprint density at radius 1 is 1.39 bits per heavy atom. The average molecular weight is 331 g/mol. The fourth-order valence-corrected chi connectivity index (χ4v) is 2.53. The minimum Gasteiger partial charge on any atom is -0.361 e. The van der Waals surface area contributed by atoms with Gasteiger partial charge in [-0.25, -0.2) is 0 Å². The van der Waals surface area contributed by atoms with Crippen molar-refractivity contribution >= 4 is 17.5 Å². The Kier molecular flexibility index (Phi) is 4.16. The molecule has 118 valence electrons. The number of halogens is 1. The molecule has 1 amide bonds. The summed E-state index contributed by atoms with van der Waals surface area (Å²) in [6, 6.07) is 7.24. The second-order valence-corrected chi connectivity index (χ2v) is 5.59. The average Bonchev–Trinajstić information content (AvgIpc) is 3.13. The maximum Gasteiger partial charge on any atom is 0.255 e. The monoisotopic (exact) mass is 330 g/mol. The number of H-pyrrole nitrogens is 1. The van der Waals surface area contributed by atoms with Crippen molar-refractivity contribution in [2.45, 2.75) is 20.4 Å². The van der Waals surface area contributed by atoms with Gasteiger partial charge in [-0.05, 0) is 26.0 Å². The van der Waals surface area contributed by atoms with Crippen LogP contribution in [0.1, 0.15) is 27.4 Å². The summed E-state index contributed by atoms with van der Waals surface area (Å²) in [5.41, 5.74) is 3.54. The number of rotatable bonds is 4. The summed E-state index contributed by atoms with van der Waals surface area (Å²) in [7, 11) is 0. The summed E-state index contributed by atoms with van der Waals surface area (Å²) in [4.78, 5) is 12.4. The van der Waals surface area contributed by atoms with Crippen LogP contribution in [-0.4, -0.2) is 21.3 Å². The van der Waals surface area contributed by atoms with Crippen LogP contribution in [0.15, 0.2) is 35.0 Å². The van der Waals surface area contributed by atoms with E-state index in [-0.39, 0.29) is 5.91 Å². The third-order valence-corrected chi connectivity index (χ3v) is 3.84. The highest BCUT2D eigenvalue weighted by Gasteiger charge is 2.17. The minimum atomic E-state index is -0.228. The Balaban J connectivity index is 1.80. The normalized spacial score (nSPS) is 10.7. The standard InChI is InChI=1S/C16H15ClN4O2/c1-9-13(10(2)23-21-9)7-18-16(22)14-8-19-20-15(14)11-4-3-5-12(17)6-11/h3-6,8H,7H2,1-2H3,(H,18,22)(H,19,20). The lowest BCUT2D eigenvalue weighted by Gasteiger charge is -2.06. The smallest absolute Gasteiger partial charge is 0.255 e. The molecule has 0 spiro atoms. The maximum absolute atomic E-state index is 12.4. The first-order chi connectivity index (χ1) is 11.1. The quantitative estimate of drug-likeness (QED) is 0.769. The van der Waals surface area contributed by atoms with Gasteiger partial charge in [0.1, 0.15) is 5.76 Å². The molecule has 0 saturated carbocycles. The topological polar surface area (TPSA) is 83.8 Å². The van der Waals surface area contributed by atoms with Crippen molar-refractivity contribution in [3.8, 4) is 11.3 Å². The number of aromatic nitrogens is 3. The highest BCUT2D eigenvalue weighted by molar-refractivity contribution is 6.30. The number of carbonyl (C=O) groups is 1. The zero-order valence-electron chi connectivity index (χ0n) is 12.7. The third-order valence-electron chi connectivity index (χ3n) is 3.60. The largest absolute Gasteiger partial charge is 0.361 e. The van der Waals surface area contributed by atoms with Gasteiger partial charge in [0.2, 0.25) is 0 Å². The number of benzene rings is 1. The highest BCUT2D eigenvalue weighted by Crippen LogP contribution is 2.24.